The Bertz CT molecular complexity index is 807. The second-order valence-electron chi connectivity index (χ2n) is 4.83. The Kier molecular flexibility index (Phi) is 5.64. The van der Waals surface area contributed by atoms with Gasteiger partial charge in [-0.25, -0.2) is 4.79 Å². The highest BCUT2D eigenvalue weighted by molar-refractivity contribution is 9.10. The van der Waals surface area contributed by atoms with E-state index in [2.05, 4.69) is 21.2 Å². The third-order valence-electron chi connectivity index (χ3n) is 3.14. The first-order valence-electron chi connectivity index (χ1n) is 6.85. The van der Waals surface area contributed by atoms with E-state index in [9.17, 15) is 19.7 Å². The average molecular weight is 393 g/mol. The molecule has 0 heterocycles. The summed E-state index contributed by atoms with van der Waals surface area (Å²) in [6.07, 6.45) is 0. The smallest absolute Gasteiger partial charge is 0.339 e. The van der Waals surface area contributed by atoms with Crippen molar-refractivity contribution >= 4 is 39.2 Å². The zero-order valence-electron chi connectivity index (χ0n) is 12.6. The van der Waals surface area contributed by atoms with Crippen molar-refractivity contribution in [3.8, 4) is 0 Å². The monoisotopic (exact) mass is 392 g/mol. The molecule has 1 N–H and O–H groups in total. The molecule has 2 aromatic rings. The van der Waals surface area contributed by atoms with Crippen molar-refractivity contribution in [1.29, 1.82) is 0 Å². The quantitative estimate of drug-likeness (QED) is 0.477. The number of carbonyl (C=O) groups is 2. The van der Waals surface area contributed by atoms with E-state index in [0.717, 1.165) is 0 Å². The number of ether oxygens (including phenoxy) is 1. The van der Waals surface area contributed by atoms with Crippen molar-refractivity contribution in [3.05, 3.63) is 68.2 Å². The summed E-state index contributed by atoms with van der Waals surface area (Å²) in [5.74, 6) is -1.33. The Morgan fingerprint density at radius 3 is 2.58 bits per heavy atom. The summed E-state index contributed by atoms with van der Waals surface area (Å²) in [6.45, 7) is 1.08. The fraction of sp³-hybridized carbons (Fsp3) is 0.125. The zero-order valence-corrected chi connectivity index (χ0v) is 14.2. The van der Waals surface area contributed by atoms with Gasteiger partial charge in [0.05, 0.1) is 10.5 Å². The molecule has 24 heavy (non-hydrogen) atoms. The fourth-order valence-electron chi connectivity index (χ4n) is 1.98. The number of aryl methyl sites for hydroxylation is 1. The number of nitro groups is 1. The molecule has 7 nitrogen and oxygen atoms in total. The molecule has 0 fully saturated rings. The Morgan fingerprint density at radius 2 is 1.92 bits per heavy atom. The zero-order chi connectivity index (χ0) is 17.7. The number of nitrogens with zero attached hydrogens (tertiary/aromatic N) is 1. The minimum absolute atomic E-state index is 0.0874. The van der Waals surface area contributed by atoms with Crippen molar-refractivity contribution in [2.45, 2.75) is 6.92 Å². The van der Waals surface area contributed by atoms with Crippen molar-refractivity contribution in [2.24, 2.45) is 0 Å². The van der Waals surface area contributed by atoms with Gasteiger partial charge in [0.25, 0.3) is 11.6 Å². The highest BCUT2D eigenvalue weighted by Gasteiger charge is 2.19. The first kappa shape index (κ1) is 17.6. The summed E-state index contributed by atoms with van der Waals surface area (Å²) in [5.41, 5.74) is 0.687. The first-order chi connectivity index (χ1) is 11.4. The molecule has 0 aliphatic rings. The first-order valence-corrected chi connectivity index (χ1v) is 7.65. The average Bonchev–Trinajstić information content (AvgIpc) is 2.54. The topological polar surface area (TPSA) is 98.5 Å². The SMILES string of the molecule is Cc1cccc([N+](=O)[O-])c1NC(=O)COC(=O)c1ccccc1Br. The number of benzene rings is 2. The van der Waals surface area contributed by atoms with E-state index in [-0.39, 0.29) is 16.9 Å². The van der Waals surface area contributed by atoms with Crippen LogP contribution in [0.25, 0.3) is 0 Å². The van der Waals surface area contributed by atoms with Gasteiger partial charge in [0.2, 0.25) is 0 Å². The van der Waals surface area contributed by atoms with Gasteiger partial charge in [0.15, 0.2) is 6.61 Å². The number of carbonyl (C=O) groups excluding carboxylic acids is 2. The van der Waals surface area contributed by atoms with Gasteiger partial charge in [-0.1, -0.05) is 24.3 Å². The van der Waals surface area contributed by atoms with E-state index in [1.807, 2.05) is 0 Å². The normalized spacial score (nSPS) is 10.1. The third kappa shape index (κ3) is 4.17. The van der Waals surface area contributed by atoms with Crippen molar-refractivity contribution in [3.63, 3.8) is 0 Å². The van der Waals surface area contributed by atoms with E-state index in [4.69, 9.17) is 4.74 Å². The Morgan fingerprint density at radius 1 is 1.21 bits per heavy atom. The van der Waals surface area contributed by atoms with E-state index in [1.165, 1.54) is 12.1 Å². The Hall–Kier alpha value is -2.74. The van der Waals surface area contributed by atoms with Crippen LogP contribution in [0.15, 0.2) is 46.9 Å². The highest BCUT2D eigenvalue weighted by atomic mass is 79.9. The van der Waals surface area contributed by atoms with Gasteiger partial charge >= 0.3 is 5.97 Å². The predicted molar refractivity (Wildman–Crippen MR) is 90.9 cm³/mol. The molecule has 2 aromatic carbocycles. The van der Waals surface area contributed by atoms with E-state index in [0.29, 0.717) is 10.0 Å². The lowest BCUT2D eigenvalue weighted by atomic mass is 10.1. The second kappa shape index (κ2) is 7.69. The van der Waals surface area contributed by atoms with Crippen LogP contribution in [0.2, 0.25) is 0 Å². The maximum atomic E-state index is 11.9. The van der Waals surface area contributed by atoms with Gasteiger partial charge in [-0.05, 0) is 40.5 Å². The summed E-state index contributed by atoms with van der Waals surface area (Å²) in [4.78, 5) is 34.3. The molecule has 2 rings (SSSR count). The third-order valence-corrected chi connectivity index (χ3v) is 3.83. The van der Waals surface area contributed by atoms with Crippen LogP contribution in [0.4, 0.5) is 11.4 Å². The van der Waals surface area contributed by atoms with Crippen LogP contribution >= 0.6 is 15.9 Å². The largest absolute Gasteiger partial charge is 0.452 e. The molecule has 0 radical (unpaired) electrons. The second-order valence-corrected chi connectivity index (χ2v) is 5.68. The number of amides is 1. The summed E-state index contributed by atoms with van der Waals surface area (Å²) in [5, 5.41) is 13.4. The molecular formula is C16H13BrN2O5. The molecule has 0 spiro atoms. The number of halogens is 1. The van der Waals surface area contributed by atoms with Crippen molar-refractivity contribution in [1.82, 2.24) is 0 Å². The summed E-state index contributed by atoms with van der Waals surface area (Å²) in [6, 6.07) is 11.1. The number of nitro benzene ring substituents is 1. The molecule has 0 aliphatic carbocycles. The molecule has 124 valence electrons. The minimum atomic E-state index is -0.670. The van der Waals surface area contributed by atoms with Crippen LogP contribution in [-0.2, 0) is 9.53 Å². The lowest BCUT2D eigenvalue weighted by Gasteiger charge is -2.09. The number of hydrogen-bond donors (Lipinski definition) is 1. The standard InChI is InChI=1S/C16H13BrN2O5/c1-10-5-4-8-13(19(22)23)15(10)18-14(20)9-24-16(21)11-6-2-3-7-12(11)17/h2-8H,9H2,1H3,(H,18,20). The van der Waals surface area contributed by atoms with Crippen molar-refractivity contribution < 1.29 is 19.2 Å². The van der Waals surface area contributed by atoms with Gasteiger partial charge in [-0.3, -0.25) is 14.9 Å². The summed E-state index contributed by atoms with van der Waals surface area (Å²) < 4.78 is 5.48. The number of para-hydroxylation sites is 1. The predicted octanol–water partition coefficient (Wildman–Crippen LogP) is 3.46. The van der Waals surface area contributed by atoms with Gasteiger partial charge in [-0.2, -0.15) is 0 Å². The lowest BCUT2D eigenvalue weighted by Crippen LogP contribution is -2.22. The fourth-order valence-corrected chi connectivity index (χ4v) is 2.42. The molecular weight excluding hydrogens is 380 g/mol. The van der Waals surface area contributed by atoms with Gasteiger partial charge in [0, 0.05) is 10.5 Å². The lowest BCUT2D eigenvalue weighted by molar-refractivity contribution is -0.384. The minimum Gasteiger partial charge on any atom is -0.452 e. The van der Waals surface area contributed by atoms with E-state index >= 15 is 0 Å². The molecule has 8 heteroatoms. The Labute approximate surface area is 145 Å². The van der Waals surface area contributed by atoms with Gasteiger partial charge < -0.3 is 10.1 Å². The maximum absolute atomic E-state index is 11.9. The van der Waals surface area contributed by atoms with Gasteiger partial charge in [0.1, 0.15) is 5.69 Å². The van der Waals surface area contributed by atoms with Crippen LogP contribution in [0.3, 0.4) is 0 Å². The van der Waals surface area contributed by atoms with Crippen LogP contribution in [0.5, 0.6) is 0 Å². The molecule has 0 bridgehead atoms. The van der Waals surface area contributed by atoms with E-state index < -0.39 is 23.4 Å². The van der Waals surface area contributed by atoms with Gasteiger partial charge in [-0.15, -0.1) is 0 Å². The maximum Gasteiger partial charge on any atom is 0.339 e. The molecule has 0 aliphatic heterocycles. The van der Waals surface area contributed by atoms with Crippen LogP contribution in [-0.4, -0.2) is 23.4 Å². The summed E-state index contributed by atoms with van der Waals surface area (Å²) in [7, 11) is 0. The number of anilines is 1. The number of hydrogen-bond acceptors (Lipinski definition) is 5. The number of nitrogens with one attached hydrogen (secondary N) is 1. The molecule has 0 saturated heterocycles. The number of esters is 1. The molecule has 0 aromatic heterocycles. The number of rotatable bonds is 5. The van der Waals surface area contributed by atoms with E-state index in [1.54, 1.807) is 37.3 Å². The summed E-state index contributed by atoms with van der Waals surface area (Å²) >= 11 is 3.22. The molecule has 1 amide bonds. The molecule has 0 atom stereocenters. The van der Waals surface area contributed by atoms with Crippen molar-refractivity contribution in [2.75, 3.05) is 11.9 Å². The van der Waals surface area contributed by atoms with Crippen LogP contribution < -0.4 is 5.32 Å². The van der Waals surface area contributed by atoms with Crippen LogP contribution in [0, 0.1) is 17.0 Å². The highest BCUT2D eigenvalue weighted by Crippen LogP contribution is 2.27. The molecule has 0 saturated carbocycles. The molecule has 0 unspecified atom stereocenters. The Balaban J connectivity index is 2.04. The van der Waals surface area contributed by atoms with Crippen LogP contribution in [0.1, 0.15) is 15.9 Å².